The molecule has 4 rings (SSSR count). The minimum Gasteiger partial charge on any atom is -0.490 e. The smallest absolute Gasteiger partial charge is 0.262 e. The van der Waals surface area contributed by atoms with Crippen molar-refractivity contribution in [2.45, 2.75) is 46.6 Å². The number of aryl methyl sites for hydroxylation is 1. The van der Waals surface area contributed by atoms with Crippen molar-refractivity contribution in [3.8, 4) is 11.5 Å². The fraction of sp³-hybridized carbons (Fsp3) is 0.391. The van der Waals surface area contributed by atoms with E-state index in [-0.39, 0.29) is 5.56 Å². The van der Waals surface area contributed by atoms with E-state index in [0.29, 0.717) is 19.8 Å². The lowest BCUT2D eigenvalue weighted by Crippen LogP contribution is -2.19. The first-order chi connectivity index (χ1) is 14.1. The molecule has 1 aliphatic heterocycles. The Morgan fingerprint density at radius 3 is 2.79 bits per heavy atom. The van der Waals surface area contributed by atoms with E-state index in [1.165, 1.54) is 4.88 Å². The van der Waals surface area contributed by atoms with E-state index in [1.807, 2.05) is 35.8 Å². The van der Waals surface area contributed by atoms with Crippen LogP contribution >= 0.6 is 11.3 Å². The Balaban J connectivity index is 1.73. The van der Waals surface area contributed by atoms with E-state index in [1.54, 1.807) is 11.3 Å². The second-order valence-electron chi connectivity index (χ2n) is 7.08. The summed E-state index contributed by atoms with van der Waals surface area (Å²) in [4.78, 5) is 19.8. The van der Waals surface area contributed by atoms with Gasteiger partial charge in [-0.05, 0) is 61.6 Å². The summed E-state index contributed by atoms with van der Waals surface area (Å²) in [6.07, 6.45) is 4.78. The maximum atomic E-state index is 12.9. The number of aromatic nitrogens is 2. The van der Waals surface area contributed by atoms with Gasteiger partial charge in [-0.2, -0.15) is 0 Å². The minimum absolute atomic E-state index is 0.0719. The fourth-order valence-electron chi connectivity index (χ4n) is 3.59. The van der Waals surface area contributed by atoms with Crippen LogP contribution in [0, 0.1) is 0 Å². The molecule has 0 atom stereocenters. The summed E-state index contributed by atoms with van der Waals surface area (Å²) >= 11 is 1.62. The zero-order valence-electron chi connectivity index (χ0n) is 17.2. The third kappa shape index (κ3) is 3.81. The maximum absolute atomic E-state index is 12.9. The van der Waals surface area contributed by atoms with Gasteiger partial charge in [-0.15, -0.1) is 11.3 Å². The maximum Gasteiger partial charge on any atom is 0.262 e. The monoisotopic (exact) mass is 410 g/mol. The molecule has 0 amide bonds. The van der Waals surface area contributed by atoms with Gasteiger partial charge in [0.05, 0.1) is 18.6 Å². The van der Waals surface area contributed by atoms with Crippen molar-refractivity contribution in [2.75, 3.05) is 13.2 Å². The van der Waals surface area contributed by atoms with Crippen LogP contribution in [0.3, 0.4) is 0 Å². The molecule has 0 unspecified atom stereocenters. The standard InChI is InChI=1S/C23H26N2O3S/c1-4-11-28-19-8-7-15(13-20(19)27-6-3)12-16-9-10-25-21(16)24-22-18(23(25)26)14-17(5-2)29-22/h7-8,12-14H,4-6,9-11H2,1-3H3/b16-12+. The highest BCUT2D eigenvalue weighted by Gasteiger charge is 2.22. The number of ether oxygens (including phenoxy) is 2. The fourth-order valence-corrected chi connectivity index (χ4v) is 4.55. The molecule has 5 nitrogen and oxygen atoms in total. The molecule has 1 aromatic carbocycles. The number of allylic oxidation sites excluding steroid dienone is 1. The molecule has 152 valence electrons. The van der Waals surface area contributed by atoms with E-state index in [2.05, 4.69) is 19.9 Å². The van der Waals surface area contributed by atoms with Crippen LogP contribution in [0.25, 0.3) is 21.9 Å². The van der Waals surface area contributed by atoms with Gasteiger partial charge < -0.3 is 9.47 Å². The molecule has 3 heterocycles. The summed E-state index contributed by atoms with van der Waals surface area (Å²) in [5.41, 5.74) is 2.18. The van der Waals surface area contributed by atoms with Crippen molar-refractivity contribution >= 4 is 33.2 Å². The van der Waals surface area contributed by atoms with Gasteiger partial charge in [-0.25, -0.2) is 4.98 Å². The van der Waals surface area contributed by atoms with E-state index in [9.17, 15) is 4.79 Å². The highest BCUT2D eigenvalue weighted by Crippen LogP contribution is 2.33. The Morgan fingerprint density at radius 2 is 2.03 bits per heavy atom. The number of rotatable bonds is 7. The number of nitrogens with zero attached hydrogens (tertiary/aromatic N) is 2. The summed E-state index contributed by atoms with van der Waals surface area (Å²) in [5.74, 6) is 2.31. The highest BCUT2D eigenvalue weighted by atomic mass is 32.1. The Labute approximate surface area is 174 Å². The van der Waals surface area contributed by atoms with Crippen LogP contribution in [0.15, 0.2) is 29.1 Å². The molecule has 0 saturated heterocycles. The van der Waals surface area contributed by atoms with Gasteiger partial charge in [0.15, 0.2) is 11.5 Å². The third-order valence-corrected chi connectivity index (χ3v) is 6.19. The van der Waals surface area contributed by atoms with E-state index in [0.717, 1.165) is 57.9 Å². The van der Waals surface area contributed by atoms with Crippen molar-refractivity contribution in [3.05, 3.63) is 50.9 Å². The molecule has 0 N–H and O–H groups in total. The molecule has 3 aromatic rings. The van der Waals surface area contributed by atoms with Gasteiger partial charge in [0.25, 0.3) is 5.56 Å². The second kappa shape index (κ2) is 8.41. The summed E-state index contributed by atoms with van der Waals surface area (Å²) in [5, 5.41) is 0.743. The topological polar surface area (TPSA) is 53.4 Å². The average molecular weight is 411 g/mol. The van der Waals surface area contributed by atoms with E-state index >= 15 is 0 Å². The Hall–Kier alpha value is -2.60. The van der Waals surface area contributed by atoms with Crippen molar-refractivity contribution in [2.24, 2.45) is 0 Å². The van der Waals surface area contributed by atoms with Crippen LogP contribution in [0.2, 0.25) is 0 Å². The number of thiophene rings is 1. The third-order valence-electron chi connectivity index (χ3n) is 5.01. The number of hydrogen-bond acceptors (Lipinski definition) is 5. The van der Waals surface area contributed by atoms with Crippen LogP contribution in [0.1, 0.15) is 49.9 Å². The van der Waals surface area contributed by atoms with Gasteiger partial charge in [0, 0.05) is 11.4 Å². The molecule has 0 fully saturated rings. The summed E-state index contributed by atoms with van der Waals surface area (Å²) in [6, 6.07) is 7.98. The summed E-state index contributed by atoms with van der Waals surface area (Å²) < 4.78 is 13.4. The van der Waals surface area contributed by atoms with Gasteiger partial charge >= 0.3 is 0 Å². The lowest BCUT2D eigenvalue weighted by Gasteiger charge is -2.12. The van der Waals surface area contributed by atoms with Gasteiger partial charge in [0.2, 0.25) is 0 Å². The number of fused-ring (bicyclic) bond motifs is 2. The molecule has 29 heavy (non-hydrogen) atoms. The predicted octanol–water partition coefficient (Wildman–Crippen LogP) is 5.15. The highest BCUT2D eigenvalue weighted by molar-refractivity contribution is 7.18. The van der Waals surface area contributed by atoms with Crippen LogP contribution in [-0.2, 0) is 13.0 Å². The molecular formula is C23H26N2O3S. The van der Waals surface area contributed by atoms with E-state index in [4.69, 9.17) is 14.5 Å². The molecule has 0 radical (unpaired) electrons. The van der Waals surface area contributed by atoms with Crippen LogP contribution in [-0.4, -0.2) is 22.8 Å². The van der Waals surface area contributed by atoms with Gasteiger partial charge in [0.1, 0.15) is 10.7 Å². The molecular weight excluding hydrogens is 384 g/mol. The van der Waals surface area contributed by atoms with Gasteiger partial charge in [-0.3, -0.25) is 9.36 Å². The van der Waals surface area contributed by atoms with Crippen LogP contribution < -0.4 is 15.0 Å². The van der Waals surface area contributed by atoms with Crippen molar-refractivity contribution in [3.63, 3.8) is 0 Å². The van der Waals surface area contributed by atoms with Crippen molar-refractivity contribution < 1.29 is 9.47 Å². The van der Waals surface area contributed by atoms with Crippen molar-refractivity contribution in [1.82, 2.24) is 9.55 Å². The Bertz CT molecular complexity index is 1130. The molecule has 2 aromatic heterocycles. The predicted molar refractivity (Wildman–Crippen MR) is 119 cm³/mol. The molecule has 6 heteroatoms. The zero-order valence-corrected chi connectivity index (χ0v) is 18.0. The SMILES string of the molecule is CCCOc1ccc(/C=C2\CCn3c2nc2sc(CC)cc2c3=O)cc1OCC. The van der Waals surface area contributed by atoms with Crippen LogP contribution in [0.4, 0.5) is 0 Å². The second-order valence-corrected chi connectivity index (χ2v) is 8.20. The molecule has 0 bridgehead atoms. The first-order valence-electron chi connectivity index (χ1n) is 10.3. The van der Waals surface area contributed by atoms with Gasteiger partial charge in [-0.1, -0.05) is 19.9 Å². The summed E-state index contributed by atoms with van der Waals surface area (Å²) in [6.45, 7) is 8.08. The molecule has 0 saturated carbocycles. The van der Waals surface area contributed by atoms with E-state index < -0.39 is 0 Å². The zero-order chi connectivity index (χ0) is 20.4. The number of hydrogen-bond donors (Lipinski definition) is 0. The van der Waals surface area contributed by atoms with Crippen LogP contribution in [0.5, 0.6) is 11.5 Å². The average Bonchev–Trinajstić information content (AvgIpc) is 3.32. The molecule has 1 aliphatic rings. The summed E-state index contributed by atoms with van der Waals surface area (Å²) in [7, 11) is 0. The molecule has 0 aliphatic carbocycles. The Morgan fingerprint density at radius 1 is 1.17 bits per heavy atom. The first-order valence-corrected chi connectivity index (χ1v) is 11.1. The van der Waals surface area contributed by atoms with Crippen molar-refractivity contribution in [1.29, 1.82) is 0 Å². The normalized spacial score (nSPS) is 14.5. The minimum atomic E-state index is 0.0719. The largest absolute Gasteiger partial charge is 0.490 e. The lowest BCUT2D eigenvalue weighted by molar-refractivity contribution is 0.277. The number of benzene rings is 1. The Kier molecular flexibility index (Phi) is 5.72. The first kappa shape index (κ1) is 19.7. The quantitative estimate of drug-likeness (QED) is 0.540. The lowest BCUT2D eigenvalue weighted by atomic mass is 10.1. The molecule has 0 spiro atoms.